The lowest BCUT2D eigenvalue weighted by Crippen LogP contribution is -2.76. The Balaban J connectivity index is 2.14. The van der Waals surface area contributed by atoms with Gasteiger partial charge in [0.1, 0.15) is 6.10 Å². The van der Waals surface area contributed by atoms with Crippen molar-refractivity contribution < 1.29 is 53.8 Å². The zero-order valence-electron chi connectivity index (χ0n) is 20.0. The van der Waals surface area contributed by atoms with Gasteiger partial charge in [0.2, 0.25) is 0 Å². The molecule has 11 heteroatoms. The highest BCUT2D eigenvalue weighted by Crippen LogP contribution is 2.40. The van der Waals surface area contributed by atoms with Gasteiger partial charge in [-0.3, -0.25) is 4.79 Å². The van der Waals surface area contributed by atoms with Crippen LogP contribution in [0.1, 0.15) is 38.0 Å². The van der Waals surface area contributed by atoms with Gasteiger partial charge in [0.15, 0.2) is 6.29 Å². The lowest BCUT2D eigenvalue weighted by Gasteiger charge is -2.46. The maximum atomic E-state index is 12.9. The van der Waals surface area contributed by atoms with E-state index < -0.39 is 47.7 Å². The van der Waals surface area contributed by atoms with Gasteiger partial charge >= 0.3 is 35.3 Å². The SMILES string of the molecule is C[C@H](O)[C@@](O)(OC(=O)c1ccccc1)[C@](O)(OC(=O)c1ccccc1)[C@@](O)(C=O)OC(=O)c1ccccc1. The predicted octanol–water partition coefficient (Wildman–Crippen LogP) is 1.20. The molecule has 3 aromatic rings. The van der Waals surface area contributed by atoms with Gasteiger partial charge < -0.3 is 34.6 Å². The molecule has 0 bridgehead atoms. The molecule has 0 aliphatic carbocycles. The number of ether oxygens (including phenoxy) is 3. The van der Waals surface area contributed by atoms with Crippen LogP contribution < -0.4 is 0 Å². The summed E-state index contributed by atoms with van der Waals surface area (Å²) in [6.45, 7) is 0.795. The summed E-state index contributed by atoms with van der Waals surface area (Å²) in [6.07, 6.45) is -2.92. The topological polar surface area (TPSA) is 177 Å². The molecular formula is C27H24O11. The Kier molecular flexibility index (Phi) is 8.39. The van der Waals surface area contributed by atoms with Crippen LogP contribution in [-0.2, 0) is 19.0 Å². The lowest BCUT2D eigenvalue weighted by molar-refractivity contribution is -0.440. The van der Waals surface area contributed by atoms with Crippen molar-refractivity contribution in [3.8, 4) is 0 Å². The van der Waals surface area contributed by atoms with Gasteiger partial charge in [0.05, 0.1) is 16.7 Å². The van der Waals surface area contributed by atoms with Crippen LogP contribution in [0.15, 0.2) is 91.0 Å². The summed E-state index contributed by atoms with van der Waals surface area (Å²) in [5, 5.41) is 44.5. The van der Waals surface area contributed by atoms with E-state index in [1.165, 1.54) is 72.8 Å². The molecule has 0 aliphatic heterocycles. The van der Waals surface area contributed by atoms with Gasteiger partial charge in [-0.1, -0.05) is 54.6 Å². The van der Waals surface area contributed by atoms with Crippen molar-refractivity contribution in [1.29, 1.82) is 0 Å². The maximum absolute atomic E-state index is 12.9. The largest absolute Gasteiger partial charge is 0.419 e. The van der Waals surface area contributed by atoms with Crippen LogP contribution >= 0.6 is 0 Å². The van der Waals surface area contributed by atoms with E-state index in [0.29, 0.717) is 0 Å². The van der Waals surface area contributed by atoms with E-state index in [1.54, 1.807) is 18.2 Å². The monoisotopic (exact) mass is 524 g/mol. The van der Waals surface area contributed by atoms with Crippen LogP contribution in [0.25, 0.3) is 0 Å². The first-order valence-electron chi connectivity index (χ1n) is 11.1. The third kappa shape index (κ3) is 5.45. The maximum Gasteiger partial charge on any atom is 0.354 e. The number of benzene rings is 3. The molecule has 198 valence electrons. The fourth-order valence-electron chi connectivity index (χ4n) is 3.33. The summed E-state index contributed by atoms with van der Waals surface area (Å²) in [5.74, 6) is -16.1. The zero-order valence-corrected chi connectivity index (χ0v) is 20.0. The molecule has 0 heterocycles. The molecule has 0 unspecified atom stereocenters. The van der Waals surface area contributed by atoms with E-state index >= 15 is 0 Å². The van der Waals surface area contributed by atoms with Gasteiger partial charge in [-0.05, 0) is 43.3 Å². The number of hydrogen-bond acceptors (Lipinski definition) is 11. The van der Waals surface area contributed by atoms with Crippen LogP contribution in [0.5, 0.6) is 0 Å². The number of rotatable bonds is 10. The number of esters is 3. The van der Waals surface area contributed by atoms with Crippen molar-refractivity contribution in [2.24, 2.45) is 0 Å². The smallest absolute Gasteiger partial charge is 0.354 e. The third-order valence-corrected chi connectivity index (χ3v) is 5.46. The van der Waals surface area contributed by atoms with Crippen molar-refractivity contribution in [2.75, 3.05) is 0 Å². The van der Waals surface area contributed by atoms with Crippen molar-refractivity contribution in [3.63, 3.8) is 0 Å². The summed E-state index contributed by atoms with van der Waals surface area (Å²) in [7, 11) is 0. The molecule has 0 saturated heterocycles. The molecule has 4 atom stereocenters. The molecule has 0 fully saturated rings. The highest BCUT2D eigenvalue weighted by Gasteiger charge is 2.73. The number of aliphatic hydroxyl groups excluding tert-OH is 1. The van der Waals surface area contributed by atoms with E-state index in [4.69, 9.17) is 14.2 Å². The standard InChI is InChI=1S/C27H24O11/c1-18(29)26(34,37-23(31)20-13-7-3-8-14-20)27(35,38-24(32)21-15-9-4-10-16-21)25(33,17-28)36-22(30)19-11-5-2-6-12-19/h2-18,29,33-35H,1H3/t18-,25+,26+,27+/m0/s1. The van der Waals surface area contributed by atoms with Crippen molar-refractivity contribution in [1.82, 2.24) is 0 Å². The molecule has 0 spiro atoms. The normalized spacial score (nSPS) is 16.4. The van der Waals surface area contributed by atoms with Crippen molar-refractivity contribution in [2.45, 2.75) is 30.4 Å². The van der Waals surface area contributed by atoms with E-state index in [-0.39, 0.29) is 16.7 Å². The van der Waals surface area contributed by atoms with Crippen LogP contribution in [0.4, 0.5) is 0 Å². The highest BCUT2D eigenvalue weighted by molar-refractivity contribution is 5.92. The molecule has 3 rings (SSSR count). The molecular weight excluding hydrogens is 500 g/mol. The van der Waals surface area contributed by atoms with Crippen LogP contribution in [-0.4, -0.2) is 68.1 Å². The highest BCUT2D eigenvalue weighted by atomic mass is 16.8. The summed E-state index contributed by atoms with van der Waals surface area (Å²) in [5.41, 5.74) is -0.665. The average Bonchev–Trinajstić information content (AvgIpc) is 2.93. The Labute approximate surface area is 216 Å². The Morgan fingerprint density at radius 3 is 1.34 bits per heavy atom. The predicted molar refractivity (Wildman–Crippen MR) is 128 cm³/mol. The van der Waals surface area contributed by atoms with Crippen molar-refractivity contribution >= 4 is 24.2 Å². The van der Waals surface area contributed by atoms with Gasteiger partial charge in [-0.25, -0.2) is 14.4 Å². The number of aliphatic hydroxyl groups is 4. The van der Waals surface area contributed by atoms with Crippen molar-refractivity contribution in [3.05, 3.63) is 108 Å². The Bertz CT molecular complexity index is 1280. The van der Waals surface area contributed by atoms with Gasteiger partial charge in [0.25, 0.3) is 0 Å². The summed E-state index contributed by atoms with van der Waals surface area (Å²) in [4.78, 5) is 50.6. The fraction of sp³-hybridized carbons (Fsp3) is 0.185. The molecule has 0 aliphatic rings. The molecule has 3 aromatic carbocycles. The Morgan fingerprint density at radius 2 is 1.00 bits per heavy atom. The van der Waals surface area contributed by atoms with E-state index in [2.05, 4.69) is 0 Å². The number of hydrogen-bond donors (Lipinski definition) is 4. The lowest BCUT2D eigenvalue weighted by atomic mass is 9.91. The molecule has 0 saturated carbocycles. The summed E-state index contributed by atoms with van der Waals surface area (Å²) < 4.78 is 14.7. The second-order valence-corrected chi connectivity index (χ2v) is 8.10. The molecule has 0 amide bonds. The minimum Gasteiger partial charge on any atom is -0.419 e. The minimum atomic E-state index is -4.11. The number of carbonyl (C=O) groups excluding carboxylic acids is 4. The summed E-state index contributed by atoms with van der Waals surface area (Å²) >= 11 is 0. The molecule has 0 radical (unpaired) electrons. The van der Waals surface area contributed by atoms with Gasteiger partial charge in [0, 0.05) is 0 Å². The van der Waals surface area contributed by atoms with Crippen LogP contribution in [0.2, 0.25) is 0 Å². The van der Waals surface area contributed by atoms with E-state index in [9.17, 15) is 39.6 Å². The minimum absolute atomic E-state index is 0.195. The molecule has 4 N–H and O–H groups in total. The first-order chi connectivity index (χ1) is 18.0. The zero-order chi connectivity index (χ0) is 28.0. The second-order valence-electron chi connectivity index (χ2n) is 8.10. The molecule has 11 nitrogen and oxygen atoms in total. The van der Waals surface area contributed by atoms with Gasteiger partial charge in [-0.15, -0.1) is 0 Å². The first kappa shape index (κ1) is 28.2. The summed E-state index contributed by atoms with van der Waals surface area (Å²) in [6, 6.07) is 20.6. The van der Waals surface area contributed by atoms with Crippen LogP contribution in [0, 0.1) is 0 Å². The van der Waals surface area contributed by atoms with E-state index in [0.717, 1.165) is 6.92 Å². The van der Waals surface area contributed by atoms with Crippen LogP contribution in [0.3, 0.4) is 0 Å². The number of aldehydes is 1. The molecule has 38 heavy (non-hydrogen) atoms. The van der Waals surface area contributed by atoms with E-state index in [1.807, 2.05) is 0 Å². The average molecular weight is 524 g/mol. The third-order valence-electron chi connectivity index (χ3n) is 5.46. The fourth-order valence-corrected chi connectivity index (χ4v) is 3.33. The Morgan fingerprint density at radius 1 is 0.658 bits per heavy atom. The molecule has 0 aromatic heterocycles. The van der Waals surface area contributed by atoms with Gasteiger partial charge in [-0.2, -0.15) is 0 Å². The first-order valence-corrected chi connectivity index (χ1v) is 11.1. The number of carbonyl (C=O) groups is 4. The Hall–Kier alpha value is -4.42. The quantitative estimate of drug-likeness (QED) is 0.130. The second kappa shape index (κ2) is 11.3.